The van der Waals surface area contributed by atoms with Gasteiger partial charge >= 0.3 is 0 Å². The number of methoxy groups -OCH3 is 4. The number of rotatable bonds is 4. The van der Waals surface area contributed by atoms with Gasteiger partial charge in [0, 0.05) is 60.4 Å². The highest BCUT2D eigenvalue weighted by molar-refractivity contribution is 6.43. The molecule has 0 unspecified atom stereocenters. The number of ether oxygens (including phenoxy) is 4. The maximum Gasteiger partial charge on any atom is 0.194 e. The van der Waals surface area contributed by atoms with Crippen molar-refractivity contribution in [2.24, 2.45) is 0 Å². The fourth-order valence-electron chi connectivity index (χ4n) is 6.26. The smallest absolute Gasteiger partial charge is 0.194 e. The van der Waals surface area contributed by atoms with Gasteiger partial charge < -0.3 is 34.3 Å². The SMILES string of the molecule is COc1c(O)c2c(=O)cc(OC)c3c4c(OC)cc(=O)c5c(O)c(OC)c6c(=C(C)O)c(C)cc1c(c23)c6c54. The van der Waals surface area contributed by atoms with Gasteiger partial charge in [0.2, 0.25) is 0 Å². The third kappa shape index (κ3) is 2.79. The highest BCUT2D eigenvalue weighted by Crippen LogP contribution is 2.55. The number of fused-ring (bicyclic) bond motifs is 1. The lowest BCUT2D eigenvalue weighted by atomic mass is 9.85. The van der Waals surface area contributed by atoms with Crippen LogP contribution >= 0.6 is 0 Å². The summed E-state index contributed by atoms with van der Waals surface area (Å²) in [6, 6.07) is 4.24. The first-order chi connectivity index (χ1) is 18.6. The summed E-state index contributed by atoms with van der Waals surface area (Å²) in [6.07, 6.45) is 0. The van der Waals surface area contributed by atoms with Gasteiger partial charge in [-0.15, -0.1) is 0 Å². The Hall–Kier alpha value is -4.92. The van der Waals surface area contributed by atoms with Crippen molar-refractivity contribution in [2.45, 2.75) is 13.8 Å². The normalized spacial score (nSPS) is 12.8. The lowest BCUT2D eigenvalue weighted by Crippen LogP contribution is -2.12. The summed E-state index contributed by atoms with van der Waals surface area (Å²) in [7, 11) is 5.56. The zero-order chi connectivity index (χ0) is 28.1. The summed E-state index contributed by atoms with van der Waals surface area (Å²) in [6.45, 7) is 3.26. The predicted octanol–water partition coefficient (Wildman–Crippen LogP) is 4.21. The summed E-state index contributed by atoms with van der Waals surface area (Å²) >= 11 is 0. The zero-order valence-electron chi connectivity index (χ0n) is 22.0. The number of phenolic OH excluding ortho intramolecular Hbond substituents is 2. The van der Waals surface area contributed by atoms with E-state index in [0.717, 1.165) is 0 Å². The topological polar surface area (TPSA) is 132 Å². The first-order valence-electron chi connectivity index (χ1n) is 12.0. The maximum atomic E-state index is 13.5. The number of phenols is 2. The van der Waals surface area contributed by atoms with Gasteiger partial charge in [0.1, 0.15) is 11.5 Å². The van der Waals surface area contributed by atoms with E-state index < -0.39 is 16.6 Å². The van der Waals surface area contributed by atoms with E-state index in [1.54, 1.807) is 13.0 Å². The molecule has 9 heteroatoms. The second kappa shape index (κ2) is 8.04. The quantitative estimate of drug-likeness (QED) is 0.227. The van der Waals surface area contributed by atoms with E-state index in [-0.39, 0.29) is 45.3 Å². The molecule has 0 radical (unpaired) electrons. The third-order valence-corrected chi connectivity index (χ3v) is 7.62. The van der Waals surface area contributed by atoms with E-state index in [4.69, 9.17) is 18.9 Å². The number of aromatic hydroxyl groups is 2. The molecule has 0 heterocycles. The predicted molar refractivity (Wildman–Crippen MR) is 150 cm³/mol. The molecular formula is C30H24O9. The second-order valence-electron chi connectivity index (χ2n) is 9.49. The molecule has 0 saturated heterocycles. The lowest BCUT2D eigenvalue weighted by molar-refractivity contribution is 0.380. The average molecular weight is 529 g/mol. The fourth-order valence-corrected chi connectivity index (χ4v) is 6.26. The number of hydrogen-bond donors (Lipinski definition) is 3. The fraction of sp³-hybridized carbons (Fsp3) is 0.200. The Morgan fingerprint density at radius 2 is 1.08 bits per heavy atom. The monoisotopic (exact) mass is 528 g/mol. The number of aliphatic hydroxyl groups is 1. The first kappa shape index (κ1) is 24.4. The molecule has 0 aliphatic carbocycles. The Balaban J connectivity index is 2.31. The van der Waals surface area contributed by atoms with Crippen LogP contribution in [0.15, 0.2) is 27.8 Å². The zero-order valence-corrected chi connectivity index (χ0v) is 22.0. The summed E-state index contributed by atoms with van der Waals surface area (Å²) in [5.41, 5.74) is -0.463. The number of aliphatic hydroxyl groups excluding tert-OH is 1. The van der Waals surface area contributed by atoms with Crippen molar-refractivity contribution in [3.05, 3.63) is 49.4 Å². The van der Waals surface area contributed by atoms with E-state index in [9.17, 15) is 24.9 Å². The van der Waals surface area contributed by atoms with Gasteiger partial charge in [0.05, 0.1) is 45.0 Å². The summed E-state index contributed by atoms with van der Waals surface area (Å²) in [5.74, 6) is -0.439. The van der Waals surface area contributed by atoms with Gasteiger partial charge in [0.15, 0.2) is 33.9 Å². The molecule has 6 rings (SSSR count). The van der Waals surface area contributed by atoms with Crippen molar-refractivity contribution in [2.75, 3.05) is 28.4 Å². The van der Waals surface area contributed by atoms with Crippen molar-refractivity contribution < 1.29 is 34.3 Å². The summed E-state index contributed by atoms with van der Waals surface area (Å²) in [5, 5.41) is 37.2. The Morgan fingerprint density at radius 1 is 0.615 bits per heavy atom. The van der Waals surface area contributed by atoms with Gasteiger partial charge in [-0.25, -0.2) is 0 Å². The third-order valence-electron chi connectivity index (χ3n) is 7.62. The average Bonchev–Trinajstić information content (AvgIpc) is 3.02. The Labute approximate surface area is 220 Å². The van der Waals surface area contributed by atoms with E-state index in [1.165, 1.54) is 47.5 Å². The molecule has 198 valence electrons. The van der Waals surface area contributed by atoms with Crippen LogP contribution in [0, 0.1) is 6.92 Å². The molecule has 3 N–H and O–H groups in total. The molecule has 6 aromatic rings. The largest absolute Gasteiger partial charge is 0.512 e. The van der Waals surface area contributed by atoms with Crippen LogP contribution < -0.4 is 35.0 Å². The molecule has 0 aliphatic heterocycles. The summed E-state index contributed by atoms with van der Waals surface area (Å²) in [4.78, 5) is 27.0. The Bertz CT molecular complexity index is 2200. The molecule has 0 aliphatic rings. The van der Waals surface area contributed by atoms with Crippen molar-refractivity contribution in [3.63, 3.8) is 0 Å². The lowest BCUT2D eigenvalue weighted by Gasteiger charge is -2.22. The highest BCUT2D eigenvalue weighted by Gasteiger charge is 2.31. The van der Waals surface area contributed by atoms with Gasteiger partial charge in [-0.05, 0) is 25.5 Å². The van der Waals surface area contributed by atoms with Crippen molar-refractivity contribution >= 4 is 59.6 Å². The van der Waals surface area contributed by atoms with E-state index in [0.29, 0.717) is 53.9 Å². The number of aryl methyl sites for hydroxylation is 1. The molecule has 0 fully saturated rings. The van der Waals surface area contributed by atoms with Crippen LogP contribution in [0.2, 0.25) is 0 Å². The molecule has 0 spiro atoms. The molecule has 6 aromatic carbocycles. The van der Waals surface area contributed by atoms with Crippen LogP contribution in [0.25, 0.3) is 59.6 Å². The Morgan fingerprint density at radius 3 is 1.54 bits per heavy atom. The number of hydrogen-bond acceptors (Lipinski definition) is 9. The second-order valence-corrected chi connectivity index (χ2v) is 9.49. The first-order valence-corrected chi connectivity index (χ1v) is 12.0. The minimum Gasteiger partial charge on any atom is -0.512 e. The molecule has 0 atom stereocenters. The molecule has 0 bridgehead atoms. The van der Waals surface area contributed by atoms with E-state index in [2.05, 4.69) is 0 Å². The van der Waals surface area contributed by atoms with Crippen LogP contribution in [-0.4, -0.2) is 43.8 Å². The highest BCUT2D eigenvalue weighted by atomic mass is 16.5. The molecule has 0 aromatic heterocycles. The molecule has 39 heavy (non-hydrogen) atoms. The number of benzene rings is 5. The molecular weight excluding hydrogens is 504 g/mol. The van der Waals surface area contributed by atoms with E-state index >= 15 is 0 Å². The van der Waals surface area contributed by atoms with Gasteiger partial charge in [-0.3, -0.25) is 9.59 Å². The van der Waals surface area contributed by atoms with Gasteiger partial charge in [-0.2, -0.15) is 0 Å². The molecule has 9 nitrogen and oxygen atoms in total. The van der Waals surface area contributed by atoms with Crippen LogP contribution in [0.3, 0.4) is 0 Å². The van der Waals surface area contributed by atoms with Gasteiger partial charge in [0.25, 0.3) is 0 Å². The van der Waals surface area contributed by atoms with Crippen LogP contribution in [0.1, 0.15) is 12.5 Å². The minimum absolute atomic E-state index is 0.00866. The van der Waals surface area contributed by atoms with E-state index in [1.807, 2.05) is 0 Å². The Kier molecular flexibility index (Phi) is 5.03. The van der Waals surface area contributed by atoms with Crippen LogP contribution in [0.5, 0.6) is 34.5 Å². The van der Waals surface area contributed by atoms with Crippen LogP contribution in [-0.2, 0) is 0 Å². The maximum absolute atomic E-state index is 13.5. The van der Waals surface area contributed by atoms with Crippen molar-refractivity contribution in [1.29, 1.82) is 0 Å². The van der Waals surface area contributed by atoms with Crippen molar-refractivity contribution in [3.8, 4) is 34.5 Å². The standard InChI is InChI=1S/C30H24O9/c1-10-7-12-18-23-19(27(34)29(12)38-5)13(32)8-15(36-3)21(23)22-16(37-4)9-14(33)20-25(22)24(18)26(17(10)11(2)31)30(39-6)28(20)35/h7-9,31,34-35H,1-6H3. The molecule has 0 amide bonds. The van der Waals surface area contributed by atoms with Crippen LogP contribution in [0.4, 0.5) is 0 Å². The minimum atomic E-state index is -0.518. The van der Waals surface area contributed by atoms with Gasteiger partial charge in [-0.1, -0.05) is 0 Å². The van der Waals surface area contributed by atoms with Crippen molar-refractivity contribution in [1.82, 2.24) is 0 Å². The summed E-state index contributed by atoms with van der Waals surface area (Å²) < 4.78 is 22.7. The molecule has 0 saturated carbocycles.